The van der Waals surface area contributed by atoms with Gasteiger partial charge in [-0.15, -0.1) is 0 Å². The molecule has 2 heterocycles. The number of carbonyl (C=O) groups is 2. The quantitative estimate of drug-likeness (QED) is 0.187. The van der Waals surface area contributed by atoms with Crippen LogP contribution in [0.1, 0.15) is 72.5 Å². The van der Waals surface area contributed by atoms with E-state index in [4.69, 9.17) is 21.1 Å². The first kappa shape index (κ1) is 34.9. The van der Waals surface area contributed by atoms with Crippen LogP contribution in [0.4, 0.5) is 4.79 Å². The number of aliphatic hydroxyl groups is 1. The zero-order valence-corrected chi connectivity index (χ0v) is 28.4. The first-order chi connectivity index (χ1) is 22.8. The van der Waals surface area contributed by atoms with Crippen LogP contribution in [-0.2, 0) is 28.0 Å². The van der Waals surface area contributed by atoms with Gasteiger partial charge in [0.2, 0.25) is 0 Å². The number of halogens is 1. The molecule has 47 heavy (non-hydrogen) atoms. The molecule has 252 valence electrons. The van der Waals surface area contributed by atoms with Gasteiger partial charge in [-0.25, -0.2) is 4.79 Å². The summed E-state index contributed by atoms with van der Waals surface area (Å²) >= 11 is 6.91. The second-order valence-electron chi connectivity index (χ2n) is 12.7. The van der Waals surface area contributed by atoms with E-state index in [1.54, 1.807) is 0 Å². The van der Waals surface area contributed by atoms with E-state index < -0.39 is 11.7 Å². The van der Waals surface area contributed by atoms with Gasteiger partial charge in [-0.2, -0.15) is 0 Å². The van der Waals surface area contributed by atoms with Crippen molar-refractivity contribution in [3.8, 4) is 11.1 Å². The molecule has 2 fully saturated rings. The highest BCUT2D eigenvalue weighted by Gasteiger charge is 2.43. The van der Waals surface area contributed by atoms with Gasteiger partial charge < -0.3 is 30.1 Å². The van der Waals surface area contributed by atoms with E-state index in [9.17, 15) is 14.7 Å². The molecule has 2 atom stereocenters. The molecule has 2 aliphatic heterocycles. The van der Waals surface area contributed by atoms with Crippen LogP contribution < -0.4 is 10.6 Å². The molecule has 1 unspecified atom stereocenters. The summed E-state index contributed by atoms with van der Waals surface area (Å²) in [6, 6.07) is 22.3. The lowest BCUT2D eigenvalue weighted by Crippen LogP contribution is -2.48. The first-order valence-electron chi connectivity index (χ1n) is 16.9. The Labute approximate surface area is 283 Å². The Morgan fingerprint density at radius 2 is 1.81 bits per heavy atom. The second kappa shape index (κ2) is 16.6. The Balaban J connectivity index is 1.38. The van der Waals surface area contributed by atoms with Crippen molar-refractivity contribution in [2.45, 2.75) is 70.1 Å². The molecule has 5 rings (SSSR count). The third-order valence-electron chi connectivity index (χ3n) is 9.69. The lowest BCUT2D eigenvalue weighted by atomic mass is 9.72. The fourth-order valence-corrected chi connectivity index (χ4v) is 7.25. The fourth-order valence-electron chi connectivity index (χ4n) is 6.97. The van der Waals surface area contributed by atoms with Gasteiger partial charge in [0.25, 0.3) is 5.91 Å². The van der Waals surface area contributed by atoms with Gasteiger partial charge in [0, 0.05) is 67.5 Å². The average Bonchev–Trinajstić information content (AvgIpc) is 3.12. The van der Waals surface area contributed by atoms with Gasteiger partial charge in [0.05, 0.1) is 12.7 Å². The van der Waals surface area contributed by atoms with E-state index in [2.05, 4.69) is 29.7 Å². The predicted octanol–water partition coefficient (Wildman–Crippen LogP) is 6.71. The van der Waals surface area contributed by atoms with E-state index in [1.807, 2.05) is 59.5 Å². The van der Waals surface area contributed by atoms with Gasteiger partial charge in [-0.3, -0.25) is 4.79 Å². The largest absolute Gasteiger partial charge is 0.453 e. The number of nitrogens with zero attached hydrogens (tertiary/aromatic N) is 1. The van der Waals surface area contributed by atoms with Gasteiger partial charge in [-0.1, -0.05) is 67.1 Å². The second-order valence-corrected chi connectivity index (χ2v) is 13.1. The monoisotopic (exact) mass is 661 g/mol. The lowest BCUT2D eigenvalue weighted by molar-refractivity contribution is -0.0563. The zero-order valence-electron chi connectivity index (χ0n) is 27.6. The van der Waals surface area contributed by atoms with Crippen LogP contribution in [0.2, 0.25) is 5.02 Å². The van der Waals surface area contributed by atoms with Gasteiger partial charge >= 0.3 is 6.09 Å². The molecule has 0 aliphatic carbocycles. The smallest absolute Gasteiger partial charge is 0.406 e. The number of hydrogen-bond donors (Lipinski definition) is 3. The molecule has 9 heteroatoms. The Morgan fingerprint density at radius 3 is 2.55 bits per heavy atom. The number of rotatable bonds is 12. The minimum Gasteiger partial charge on any atom is -0.453 e. The van der Waals surface area contributed by atoms with Gasteiger partial charge in [0.1, 0.15) is 0 Å². The maximum atomic E-state index is 13.8. The Morgan fingerprint density at radius 1 is 1.04 bits per heavy atom. The molecule has 3 aromatic carbocycles. The van der Waals surface area contributed by atoms with Crippen LogP contribution in [-0.4, -0.2) is 68.0 Å². The summed E-state index contributed by atoms with van der Waals surface area (Å²) in [6.07, 6.45) is 4.82. The van der Waals surface area contributed by atoms with Crippen LogP contribution in [0.15, 0.2) is 66.7 Å². The summed E-state index contributed by atoms with van der Waals surface area (Å²) < 4.78 is 10.2. The van der Waals surface area contributed by atoms with E-state index in [0.29, 0.717) is 49.1 Å². The zero-order chi connectivity index (χ0) is 33.2. The number of benzene rings is 3. The van der Waals surface area contributed by atoms with Crippen LogP contribution >= 0.6 is 11.6 Å². The Hall–Kier alpha value is -3.43. The number of methoxy groups -OCH3 is 1. The number of alkyl carbamates (subject to hydrolysis) is 1. The van der Waals surface area contributed by atoms with Gasteiger partial charge in [0.15, 0.2) is 0 Å². The standard InChI is InChI=1S/C38H48ClN3O5/c1-3-27-8-4-9-30(24-27)35-33(11-5-12-34(35)39)38(45,19-7-20-40-37(44)46-2)31-10-6-21-42(26-31)36(43)29-15-13-28(14-16-29)25-41-32-17-22-47-23-18-32/h4-5,8-9,11-16,24,31-32,41,45H,3,6-7,10,17-23,25-26H2,1-2H3,(H,40,44)/t31-,38?/m1/s1. The molecular weight excluding hydrogens is 614 g/mol. The normalized spacial score (nSPS) is 18.4. The summed E-state index contributed by atoms with van der Waals surface area (Å²) in [5.74, 6) is -0.275. The van der Waals surface area contributed by atoms with Crippen LogP contribution in [0.5, 0.6) is 0 Å². The van der Waals surface area contributed by atoms with Crippen LogP contribution in [0.3, 0.4) is 0 Å². The number of ether oxygens (including phenoxy) is 2. The number of nitrogens with one attached hydrogen (secondary N) is 2. The lowest BCUT2D eigenvalue weighted by Gasteiger charge is -2.44. The third-order valence-corrected chi connectivity index (χ3v) is 10.0. The molecule has 0 spiro atoms. The molecule has 0 bridgehead atoms. The average molecular weight is 662 g/mol. The van der Waals surface area contributed by atoms with E-state index >= 15 is 0 Å². The molecule has 2 saturated heterocycles. The van der Waals surface area contributed by atoms with Crippen molar-refractivity contribution < 1.29 is 24.2 Å². The minimum absolute atomic E-state index is 0.0321. The van der Waals surface area contributed by atoms with Crippen molar-refractivity contribution in [3.05, 3.63) is 94.0 Å². The minimum atomic E-state index is -1.31. The number of aryl methyl sites for hydroxylation is 1. The van der Waals surface area contributed by atoms with Crippen molar-refractivity contribution >= 4 is 23.6 Å². The molecule has 2 aliphatic rings. The van der Waals surface area contributed by atoms with E-state index in [0.717, 1.165) is 74.1 Å². The third kappa shape index (κ3) is 8.73. The molecule has 2 amide bonds. The van der Waals surface area contributed by atoms with Gasteiger partial charge in [-0.05, 0) is 85.4 Å². The van der Waals surface area contributed by atoms with Crippen LogP contribution in [0.25, 0.3) is 11.1 Å². The number of carbonyl (C=O) groups excluding carboxylic acids is 2. The summed E-state index contributed by atoms with van der Waals surface area (Å²) in [5.41, 5.74) is 4.16. The molecular formula is C38H48ClN3O5. The summed E-state index contributed by atoms with van der Waals surface area (Å²) in [6.45, 7) is 5.85. The molecule has 0 aromatic heterocycles. The SMILES string of the molecule is CCc1cccc(-c2c(Cl)cccc2C(O)(CCCNC(=O)OC)[C@@H]2CCCN(C(=O)c3ccc(CNC4CCOCC4)cc3)C2)c1. The topological polar surface area (TPSA) is 100 Å². The Bertz CT molecular complexity index is 1490. The van der Waals surface area contributed by atoms with Crippen molar-refractivity contribution in [1.29, 1.82) is 0 Å². The van der Waals surface area contributed by atoms with Crippen molar-refractivity contribution in [2.75, 3.05) is 40.0 Å². The number of piperidine rings is 1. The fraction of sp³-hybridized carbons (Fsp3) is 0.474. The van der Waals surface area contributed by atoms with Crippen molar-refractivity contribution in [2.24, 2.45) is 5.92 Å². The highest BCUT2D eigenvalue weighted by atomic mass is 35.5. The number of likely N-dealkylation sites (tertiary alicyclic amines) is 1. The van der Waals surface area contributed by atoms with E-state index in [1.165, 1.54) is 12.7 Å². The molecule has 0 radical (unpaired) electrons. The highest BCUT2D eigenvalue weighted by molar-refractivity contribution is 6.33. The maximum Gasteiger partial charge on any atom is 0.406 e. The maximum absolute atomic E-state index is 13.8. The van der Waals surface area contributed by atoms with E-state index in [-0.39, 0.29) is 11.8 Å². The molecule has 0 saturated carbocycles. The first-order valence-corrected chi connectivity index (χ1v) is 17.3. The molecule has 3 N–H and O–H groups in total. The summed E-state index contributed by atoms with van der Waals surface area (Å²) in [7, 11) is 1.33. The Kier molecular flexibility index (Phi) is 12.3. The summed E-state index contributed by atoms with van der Waals surface area (Å²) in [5, 5.41) is 19.7. The van der Waals surface area contributed by atoms with Crippen molar-refractivity contribution in [3.63, 3.8) is 0 Å². The number of amides is 2. The summed E-state index contributed by atoms with van der Waals surface area (Å²) in [4.78, 5) is 27.5. The van der Waals surface area contributed by atoms with Crippen LogP contribution in [0, 0.1) is 5.92 Å². The highest BCUT2D eigenvalue weighted by Crippen LogP contribution is 2.45. The molecule has 8 nitrogen and oxygen atoms in total. The van der Waals surface area contributed by atoms with Crippen molar-refractivity contribution in [1.82, 2.24) is 15.5 Å². The number of hydrogen-bond acceptors (Lipinski definition) is 6. The predicted molar refractivity (Wildman–Crippen MR) is 186 cm³/mol. The molecule has 3 aromatic rings.